The van der Waals surface area contributed by atoms with Gasteiger partial charge in [-0.2, -0.15) is 0 Å². The molecule has 0 aliphatic carbocycles. The quantitative estimate of drug-likeness (QED) is 0.586. The summed E-state index contributed by atoms with van der Waals surface area (Å²) < 4.78 is 5.12. The number of nitro groups is 1. The van der Waals surface area contributed by atoms with Crippen molar-refractivity contribution in [1.29, 1.82) is 0 Å². The molecule has 112 valence electrons. The largest absolute Gasteiger partial charge is 0.497 e. The molecular weight excluding hydrogens is 258 g/mol. The van der Waals surface area contributed by atoms with Gasteiger partial charge in [-0.15, -0.1) is 0 Å². The maximum absolute atomic E-state index is 11.1. The summed E-state index contributed by atoms with van der Waals surface area (Å²) in [4.78, 5) is 12.9. The third kappa shape index (κ3) is 4.38. The van der Waals surface area contributed by atoms with Crippen molar-refractivity contribution in [3.63, 3.8) is 0 Å². The first-order valence-corrected chi connectivity index (χ1v) is 6.83. The van der Waals surface area contributed by atoms with Crippen LogP contribution in [0.5, 0.6) is 5.75 Å². The molecule has 0 fully saturated rings. The van der Waals surface area contributed by atoms with Crippen LogP contribution in [-0.4, -0.2) is 42.6 Å². The molecule has 0 saturated heterocycles. The lowest BCUT2D eigenvalue weighted by Gasteiger charge is -2.24. The Balaban J connectivity index is 2.86. The van der Waals surface area contributed by atoms with E-state index in [9.17, 15) is 10.1 Å². The zero-order valence-electron chi connectivity index (χ0n) is 12.5. The number of likely N-dealkylation sites (N-methyl/N-ethyl adjacent to an activating group) is 1. The molecule has 0 aliphatic rings. The highest BCUT2D eigenvalue weighted by molar-refractivity contribution is 5.64. The number of hydrogen-bond donors (Lipinski definition) is 1. The van der Waals surface area contributed by atoms with Crippen LogP contribution >= 0.6 is 0 Å². The van der Waals surface area contributed by atoms with Gasteiger partial charge < -0.3 is 15.0 Å². The highest BCUT2D eigenvalue weighted by atomic mass is 16.6. The van der Waals surface area contributed by atoms with E-state index in [4.69, 9.17) is 4.74 Å². The van der Waals surface area contributed by atoms with E-state index in [1.165, 1.54) is 6.07 Å². The number of nitro benzene ring substituents is 1. The molecule has 20 heavy (non-hydrogen) atoms. The van der Waals surface area contributed by atoms with Crippen molar-refractivity contribution in [3.8, 4) is 5.75 Å². The van der Waals surface area contributed by atoms with Crippen molar-refractivity contribution in [2.75, 3.05) is 32.1 Å². The van der Waals surface area contributed by atoms with Crippen LogP contribution in [0.3, 0.4) is 0 Å². The van der Waals surface area contributed by atoms with Crippen LogP contribution < -0.4 is 10.1 Å². The summed E-state index contributed by atoms with van der Waals surface area (Å²) in [6, 6.07) is 4.83. The summed E-state index contributed by atoms with van der Waals surface area (Å²) in [5.41, 5.74) is 0.561. The molecule has 1 unspecified atom stereocenters. The SMILES string of the molecule is CCN(CC)CC(C)Nc1cc(OC)ccc1[N+](=O)[O-]. The third-order valence-electron chi connectivity index (χ3n) is 3.23. The van der Waals surface area contributed by atoms with Crippen molar-refractivity contribution < 1.29 is 9.66 Å². The molecule has 1 atom stereocenters. The molecule has 0 bridgehead atoms. The van der Waals surface area contributed by atoms with Gasteiger partial charge in [0.15, 0.2) is 0 Å². The monoisotopic (exact) mass is 281 g/mol. The lowest BCUT2D eigenvalue weighted by atomic mass is 10.2. The van der Waals surface area contributed by atoms with E-state index in [-0.39, 0.29) is 16.7 Å². The summed E-state index contributed by atoms with van der Waals surface area (Å²) in [6.07, 6.45) is 0. The first-order valence-electron chi connectivity index (χ1n) is 6.83. The van der Waals surface area contributed by atoms with Crippen molar-refractivity contribution in [2.45, 2.75) is 26.8 Å². The van der Waals surface area contributed by atoms with Gasteiger partial charge in [-0.1, -0.05) is 13.8 Å². The van der Waals surface area contributed by atoms with Crippen LogP contribution in [0.2, 0.25) is 0 Å². The molecule has 0 radical (unpaired) electrons. The van der Waals surface area contributed by atoms with Crippen molar-refractivity contribution >= 4 is 11.4 Å². The summed E-state index contributed by atoms with van der Waals surface area (Å²) in [5, 5.41) is 14.3. The summed E-state index contributed by atoms with van der Waals surface area (Å²) in [6.45, 7) is 8.97. The van der Waals surface area contributed by atoms with Crippen LogP contribution in [0.15, 0.2) is 18.2 Å². The third-order valence-corrected chi connectivity index (χ3v) is 3.23. The van der Waals surface area contributed by atoms with E-state index in [2.05, 4.69) is 24.1 Å². The number of hydrogen-bond acceptors (Lipinski definition) is 5. The predicted octanol–water partition coefficient (Wildman–Crippen LogP) is 2.75. The van der Waals surface area contributed by atoms with Gasteiger partial charge in [0.05, 0.1) is 12.0 Å². The smallest absolute Gasteiger partial charge is 0.292 e. The molecule has 1 N–H and O–H groups in total. The minimum Gasteiger partial charge on any atom is -0.497 e. The van der Waals surface area contributed by atoms with Gasteiger partial charge in [-0.05, 0) is 26.1 Å². The van der Waals surface area contributed by atoms with Gasteiger partial charge >= 0.3 is 0 Å². The maximum atomic E-state index is 11.1. The molecule has 0 amide bonds. The Hall–Kier alpha value is -1.82. The fraction of sp³-hybridized carbons (Fsp3) is 0.571. The van der Waals surface area contributed by atoms with Gasteiger partial charge in [-0.25, -0.2) is 0 Å². The molecule has 0 aliphatic heterocycles. The fourth-order valence-corrected chi connectivity index (χ4v) is 2.10. The number of rotatable bonds is 8. The highest BCUT2D eigenvalue weighted by Crippen LogP contribution is 2.29. The van der Waals surface area contributed by atoms with E-state index in [1.54, 1.807) is 19.2 Å². The molecule has 1 aromatic rings. The average Bonchev–Trinajstić information content (AvgIpc) is 2.44. The normalized spacial score (nSPS) is 12.2. The zero-order valence-corrected chi connectivity index (χ0v) is 12.5. The van der Waals surface area contributed by atoms with Gasteiger partial charge in [-0.3, -0.25) is 10.1 Å². The molecule has 0 spiro atoms. The van der Waals surface area contributed by atoms with Crippen LogP contribution in [0, 0.1) is 10.1 Å². The highest BCUT2D eigenvalue weighted by Gasteiger charge is 2.17. The Labute approximate surface area is 119 Å². The number of anilines is 1. The van der Waals surface area contributed by atoms with E-state index in [0.29, 0.717) is 11.4 Å². The minimum atomic E-state index is -0.383. The Morgan fingerprint density at radius 2 is 2.05 bits per heavy atom. The molecular formula is C14H23N3O3. The Kier molecular flexibility index (Phi) is 6.24. The second-order valence-corrected chi connectivity index (χ2v) is 4.67. The predicted molar refractivity (Wildman–Crippen MR) is 80.5 cm³/mol. The lowest BCUT2D eigenvalue weighted by Crippen LogP contribution is -2.34. The van der Waals surface area contributed by atoms with E-state index in [1.807, 2.05) is 6.92 Å². The topological polar surface area (TPSA) is 67.6 Å². The molecule has 1 aromatic carbocycles. The van der Waals surface area contributed by atoms with Crippen LogP contribution in [0.1, 0.15) is 20.8 Å². The second-order valence-electron chi connectivity index (χ2n) is 4.67. The van der Waals surface area contributed by atoms with Gasteiger partial charge in [0.1, 0.15) is 11.4 Å². The first-order chi connectivity index (χ1) is 9.51. The van der Waals surface area contributed by atoms with Gasteiger partial charge in [0.2, 0.25) is 0 Å². The minimum absolute atomic E-state index is 0.0668. The van der Waals surface area contributed by atoms with E-state index >= 15 is 0 Å². The molecule has 0 aromatic heterocycles. The number of nitrogens with one attached hydrogen (secondary N) is 1. The van der Waals surface area contributed by atoms with E-state index < -0.39 is 0 Å². The lowest BCUT2D eigenvalue weighted by molar-refractivity contribution is -0.384. The Bertz CT molecular complexity index is 447. The van der Waals surface area contributed by atoms with Crippen molar-refractivity contribution in [3.05, 3.63) is 28.3 Å². The second kappa shape index (κ2) is 7.69. The standard InChI is InChI=1S/C14H23N3O3/c1-5-16(6-2)10-11(3)15-13-9-12(20-4)7-8-14(13)17(18)19/h7-9,11,15H,5-6,10H2,1-4H3. The van der Waals surface area contributed by atoms with Crippen molar-refractivity contribution in [2.24, 2.45) is 0 Å². The van der Waals surface area contributed by atoms with Crippen LogP contribution in [-0.2, 0) is 0 Å². The van der Waals surface area contributed by atoms with E-state index in [0.717, 1.165) is 19.6 Å². The molecule has 1 rings (SSSR count). The fourth-order valence-electron chi connectivity index (χ4n) is 2.10. The Morgan fingerprint density at radius 1 is 1.40 bits per heavy atom. The van der Waals surface area contributed by atoms with Crippen LogP contribution in [0.25, 0.3) is 0 Å². The zero-order chi connectivity index (χ0) is 15.1. The first kappa shape index (κ1) is 16.2. The number of benzene rings is 1. The summed E-state index contributed by atoms with van der Waals surface area (Å²) in [7, 11) is 1.55. The van der Waals surface area contributed by atoms with Gasteiger partial charge in [0, 0.05) is 24.7 Å². The number of methoxy groups -OCH3 is 1. The maximum Gasteiger partial charge on any atom is 0.292 e. The number of nitrogens with zero attached hydrogens (tertiary/aromatic N) is 2. The molecule has 0 heterocycles. The van der Waals surface area contributed by atoms with Crippen molar-refractivity contribution in [1.82, 2.24) is 4.90 Å². The molecule has 0 saturated carbocycles. The molecule has 6 nitrogen and oxygen atoms in total. The Morgan fingerprint density at radius 3 is 2.55 bits per heavy atom. The average molecular weight is 281 g/mol. The van der Waals surface area contributed by atoms with Gasteiger partial charge in [0.25, 0.3) is 5.69 Å². The summed E-state index contributed by atoms with van der Waals surface area (Å²) >= 11 is 0. The molecule has 6 heteroatoms. The van der Waals surface area contributed by atoms with Crippen LogP contribution in [0.4, 0.5) is 11.4 Å². The number of ether oxygens (including phenoxy) is 1. The summed E-state index contributed by atoms with van der Waals surface area (Å²) in [5.74, 6) is 0.605.